The third-order valence-corrected chi connectivity index (χ3v) is 3.28. The number of aromatic nitrogens is 2. The second-order valence-corrected chi connectivity index (χ2v) is 4.37. The predicted molar refractivity (Wildman–Crippen MR) is 66.9 cm³/mol. The molecular formula is C11H11Cl2N3. The molecule has 16 heavy (non-hydrogen) atoms. The molecule has 1 heterocycles. The molecule has 1 aromatic carbocycles. The average molecular weight is 256 g/mol. The molecule has 84 valence electrons. The van der Waals surface area contributed by atoms with Crippen molar-refractivity contribution in [1.82, 2.24) is 9.78 Å². The molecular weight excluding hydrogens is 245 g/mol. The molecule has 0 atom stereocenters. The fraction of sp³-hybridized carbons (Fsp3) is 0.182. The lowest BCUT2D eigenvalue weighted by Crippen LogP contribution is -2.06. The van der Waals surface area contributed by atoms with E-state index in [0.717, 1.165) is 11.1 Å². The number of nitrogen functional groups attached to an aromatic ring is 1. The van der Waals surface area contributed by atoms with E-state index < -0.39 is 0 Å². The summed E-state index contributed by atoms with van der Waals surface area (Å²) in [6, 6.07) is 5.52. The fourth-order valence-corrected chi connectivity index (χ4v) is 1.83. The minimum Gasteiger partial charge on any atom is -0.384 e. The third kappa shape index (κ3) is 2.01. The Morgan fingerprint density at radius 3 is 2.75 bits per heavy atom. The molecule has 0 spiro atoms. The van der Waals surface area contributed by atoms with Crippen LogP contribution in [0.5, 0.6) is 0 Å². The van der Waals surface area contributed by atoms with Crippen molar-refractivity contribution >= 4 is 29.0 Å². The van der Waals surface area contributed by atoms with Crippen LogP contribution in [0.25, 0.3) is 0 Å². The Kier molecular flexibility index (Phi) is 3.08. The molecule has 0 unspecified atom stereocenters. The molecule has 0 aliphatic heterocycles. The third-order valence-electron chi connectivity index (χ3n) is 2.42. The average Bonchev–Trinajstić information content (AvgIpc) is 2.57. The maximum absolute atomic E-state index is 6.09. The van der Waals surface area contributed by atoms with E-state index in [4.69, 9.17) is 28.9 Å². The summed E-state index contributed by atoms with van der Waals surface area (Å²) in [5.41, 5.74) is 7.73. The second-order valence-electron chi connectivity index (χ2n) is 3.58. The van der Waals surface area contributed by atoms with Crippen LogP contribution in [-0.2, 0) is 6.54 Å². The number of hydrogen-bond acceptors (Lipinski definition) is 2. The number of nitrogens with zero attached hydrogens (tertiary/aromatic N) is 2. The zero-order chi connectivity index (χ0) is 11.7. The molecule has 5 heteroatoms. The molecule has 1 aromatic heterocycles. The maximum atomic E-state index is 6.09. The zero-order valence-electron chi connectivity index (χ0n) is 8.74. The first-order valence-corrected chi connectivity index (χ1v) is 5.56. The van der Waals surface area contributed by atoms with E-state index in [0.29, 0.717) is 22.4 Å². The summed E-state index contributed by atoms with van der Waals surface area (Å²) in [5, 5.41) is 5.27. The maximum Gasteiger partial charge on any atom is 0.124 e. The normalized spacial score (nSPS) is 10.7. The molecule has 0 radical (unpaired) electrons. The van der Waals surface area contributed by atoms with Crippen LogP contribution in [0.4, 0.5) is 5.82 Å². The molecule has 3 nitrogen and oxygen atoms in total. The molecule has 2 rings (SSSR count). The highest BCUT2D eigenvalue weighted by molar-refractivity contribution is 6.42. The lowest BCUT2D eigenvalue weighted by atomic mass is 10.2. The van der Waals surface area contributed by atoms with Crippen molar-refractivity contribution in [3.05, 3.63) is 45.6 Å². The molecule has 0 fully saturated rings. The summed E-state index contributed by atoms with van der Waals surface area (Å²) in [7, 11) is 0. The highest BCUT2D eigenvalue weighted by Gasteiger charge is 2.08. The van der Waals surface area contributed by atoms with E-state index in [-0.39, 0.29) is 0 Å². The first kappa shape index (κ1) is 11.3. The highest BCUT2D eigenvalue weighted by atomic mass is 35.5. The van der Waals surface area contributed by atoms with Crippen LogP contribution in [0.1, 0.15) is 11.1 Å². The molecule has 0 saturated heterocycles. The summed E-state index contributed by atoms with van der Waals surface area (Å²) >= 11 is 12.0. The Bertz CT molecular complexity index is 520. The monoisotopic (exact) mass is 255 g/mol. The van der Waals surface area contributed by atoms with E-state index in [2.05, 4.69) is 5.10 Å². The smallest absolute Gasteiger partial charge is 0.124 e. The first-order valence-electron chi connectivity index (χ1n) is 4.80. The van der Waals surface area contributed by atoms with Crippen molar-refractivity contribution in [2.24, 2.45) is 0 Å². The Balaban J connectivity index is 2.34. The van der Waals surface area contributed by atoms with Gasteiger partial charge in [-0.2, -0.15) is 5.10 Å². The van der Waals surface area contributed by atoms with Gasteiger partial charge in [0.25, 0.3) is 0 Å². The molecule has 2 N–H and O–H groups in total. The van der Waals surface area contributed by atoms with Crippen LogP contribution in [0.3, 0.4) is 0 Å². The van der Waals surface area contributed by atoms with Gasteiger partial charge in [0.15, 0.2) is 0 Å². The zero-order valence-corrected chi connectivity index (χ0v) is 10.3. The Labute approximate surface area is 104 Å². The summed E-state index contributed by atoms with van der Waals surface area (Å²) in [4.78, 5) is 0. The van der Waals surface area contributed by atoms with Crippen molar-refractivity contribution < 1.29 is 0 Å². The number of hydrogen-bond donors (Lipinski definition) is 1. The van der Waals surface area contributed by atoms with Gasteiger partial charge in [-0.05, 0) is 18.6 Å². The number of benzene rings is 1. The van der Waals surface area contributed by atoms with Crippen molar-refractivity contribution in [3.63, 3.8) is 0 Å². The van der Waals surface area contributed by atoms with Gasteiger partial charge in [-0.1, -0.05) is 35.3 Å². The summed E-state index contributed by atoms with van der Waals surface area (Å²) in [6.07, 6.45) is 1.73. The van der Waals surface area contributed by atoms with Crippen molar-refractivity contribution in [3.8, 4) is 0 Å². The topological polar surface area (TPSA) is 43.8 Å². The Morgan fingerprint density at radius 1 is 1.38 bits per heavy atom. The molecule has 2 aromatic rings. The number of nitrogens with two attached hydrogens (primary N) is 1. The van der Waals surface area contributed by atoms with Crippen LogP contribution in [0.2, 0.25) is 10.0 Å². The van der Waals surface area contributed by atoms with Crippen LogP contribution in [-0.4, -0.2) is 9.78 Å². The summed E-state index contributed by atoms with van der Waals surface area (Å²) in [6.45, 7) is 2.44. The Morgan fingerprint density at radius 2 is 2.12 bits per heavy atom. The van der Waals surface area contributed by atoms with Gasteiger partial charge >= 0.3 is 0 Å². The lowest BCUT2D eigenvalue weighted by Gasteiger charge is -2.07. The van der Waals surface area contributed by atoms with Crippen molar-refractivity contribution in [2.75, 3.05) is 5.73 Å². The fourth-order valence-electron chi connectivity index (χ4n) is 1.45. The van der Waals surface area contributed by atoms with Gasteiger partial charge in [-0.3, -0.25) is 0 Å². The first-order chi connectivity index (χ1) is 7.59. The standard InChI is InChI=1S/C11H11Cl2N3/c1-7-5-15-16(11(7)14)6-8-3-2-4-9(12)10(8)13/h2-5H,6,14H2,1H3. The van der Waals surface area contributed by atoms with Gasteiger partial charge in [0, 0.05) is 5.56 Å². The van der Waals surface area contributed by atoms with E-state index in [9.17, 15) is 0 Å². The van der Waals surface area contributed by atoms with Gasteiger partial charge in [-0.15, -0.1) is 0 Å². The lowest BCUT2D eigenvalue weighted by molar-refractivity contribution is 0.697. The van der Waals surface area contributed by atoms with Crippen molar-refractivity contribution in [2.45, 2.75) is 13.5 Å². The van der Waals surface area contributed by atoms with Gasteiger partial charge in [0.1, 0.15) is 5.82 Å². The van der Waals surface area contributed by atoms with E-state index in [1.807, 2.05) is 19.1 Å². The molecule has 0 saturated carbocycles. The largest absolute Gasteiger partial charge is 0.384 e. The van der Waals surface area contributed by atoms with E-state index in [1.54, 1.807) is 16.9 Å². The van der Waals surface area contributed by atoms with Crippen LogP contribution >= 0.6 is 23.2 Å². The van der Waals surface area contributed by atoms with Crippen LogP contribution < -0.4 is 5.73 Å². The number of aryl methyl sites for hydroxylation is 1. The highest BCUT2D eigenvalue weighted by Crippen LogP contribution is 2.26. The molecule has 0 aliphatic carbocycles. The quantitative estimate of drug-likeness (QED) is 0.897. The molecule has 0 aliphatic rings. The minimum absolute atomic E-state index is 0.527. The summed E-state index contributed by atoms with van der Waals surface area (Å²) < 4.78 is 1.70. The summed E-state index contributed by atoms with van der Waals surface area (Å²) in [5.74, 6) is 0.649. The number of anilines is 1. The van der Waals surface area contributed by atoms with Gasteiger partial charge in [0.05, 0.1) is 22.8 Å². The number of halogens is 2. The van der Waals surface area contributed by atoms with Gasteiger partial charge in [-0.25, -0.2) is 4.68 Å². The number of rotatable bonds is 2. The van der Waals surface area contributed by atoms with Gasteiger partial charge < -0.3 is 5.73 Å². The minimum atomic E-state index is 0.527. The van der Waals surface area contributed by atoms with E-state index in [1.165, 1.54) is 0 Å². The molecule has 0 amide bonds. The van der Waals surface area contributed by atoms with Gasteiger partial charge in [0.2, 0.25) is 0 Å². The van der Waals surface area contributed by atoms with Crippen molar-refractivity contribution in [1.29, 1.82) is 0 Å². The van der Waals surface area contributed by atoms with Crippen LogP contribution in [0, 0.1) is 6.92 Å². The van der Waals surface area contributed by atoms with Crippen LogP contribution in [0.15, 0.2) is 24.4 Å². The predicted octanol–water partition coefficient (Wildman–Crippen LogP) is 3.13. The molecule has 0 bridgehead atoms. The SMILES string of the molecule is Cc1cnn(Cc2cccc(Cl)c2Cl)c1N. The van der Waals surface area contributed by atoms with E-state index >= 15 is 0 Å². The Hall–Kier alpha value is -1.19. The second kappa shape index (κ2) is 4.36.